The number of piperidine rings is 1. The third-order valence-electron chi connectivity index (χ3n) is 4.52. The second-order valence-corrected chi connectivity index (χ2v) is 7.21. The van der Waals surface area contributed by atoms with Gasteiger partial charge in [0.1, 0.15) is 0 Å². The van der Waals surface area contributed by atoms with Crippen LogP contribution in [0.2, 0.25) is 0 Å². The molecule has 2 aliphatic heterocycles. The van der Waals surface area contributed by atoms with Gasteiger partial charge in [0.15, 0.2) is 0 Å². The highest BCUT2D eigenvalue weighted by atomic mass is 32.1. The van der Waals surface area contributed by atoms with Crippen molar-refractivity contribution in [1.29, 1.82) is 0 Å². The molecule has 0 radical (unpaired) electrons. The summed E-state index contributed by atoms with van der Waals surface area (Å²) in [5, 5.41) is 0. The predicted octanol–water partition coefficient (Wildman–Crippen LogP) is 3.04. The summed E-state index contributed by atoms with van der Waals surface area (Å²) in [7, 11) is 0. The van der Waals surface area contributed by atoms with Gasteiger partial charge in [-0.1, -0.05) is 6.42 Å². The second kappa shape index (κ2) is 5.32. The highest BCUT2D eigenvalue weighted by Crippen LogP contribution is 2.25. The van der Waals surface area contributed by atoms with Gasteiger partial charge in [-0.05, 0) is 44.9 Å². The minimum absolute atomic E-state index is 0.842. The molecule has 0 aliphatic carbocycles. The fourth-order valence-corrected chi connectivity index (χ4v) is 4.41. The number of aryl methyl sites for hydroxylation is 2. The molecule has 18 heavy (non-hydrogen) atoms. The lowest BCUT2D eigenvalue weighted by atomic mass is 9.99. The first kappa shape index (κ1) is 12.6. The number of piperazine rings is 1. The van der Waals surface area contributed by atoms with Gasteiger partial charge >= 0.3 is 0 Å². The highest BCUT2D eigenvalue weighted by Gasteiger charge is 2.28. The van der Waals surface area contributed by atoms with Crippen molar-refractivity contribution in [2.24, 2.45) is 0 Å². The molecule has 3 rings (SSSR count). The molecule has 3 heterocycles. The van der Waals surface area contributed by atoms with Crippen LogP contribution in [0.4, 0.5) is 0 Å². The first-order valence-electron chi connectivity index (χ1n) is 7.24. The molecule has 0 N–H and O–H groups in total. The fourth-order valence-electron chi connectivity index (χ4n) is 3.31. The van der Waals surface area contributed by atoms with E-state index in [9.17, 15) is 0 Å². The van der Waals surface area contributed by atoms with Crippen LogP contribution in [0, 0.1) is 13.8 Å². The Bertz CT molecular complexity index is 393. The second-order valence-electron chi connectivity index (χ2n) is 5.87. The molecule has 0 spiro atoms. The minimum atomic E-state index is 0.842. The van der Waals surface area contributed by atoms with Crippen molar-refractivity contribution < 1.29 is 0 Å². The molecule has 1 unspecified atom stereocenters. The summed E-state index contributed by atoms with van der Waals surface area (Å²) in [4.78, 5) is 8.41. The molecule has 0 saturated carbocycles. The van der Waals surface area contributed by atoms with Crippen LogP contribution in [-0.2, 0) is 6.54 Å². The molecule has 2 nitrogen and oxygen atoms in total. The summed E-state index contributed by atoms with van der Waals surface area (Å²) in [6, 6.07) is 3.22. The van der Waals surface area contributed by atoms with Gasteiger partial charge in [-0.25, -0.2) is 0 Å². The molecule has 0 amide bonds. The SMILES string of the molecule is Cc1cc(CN2CCN3CCCCC3C2)sc1C. The van der Waals surface area contributed by atoms with Crippen LogP contribution in [0.25, 0.3) is 0 Å². The van der Waals surface area contributed by atoms with Crippen molar-refractivity contribution in [3.8, 4) is 0 Å². The predicted molar refractivity (Wildman–Crippen MR) is 78.3 cm³/mol. The van der Waals surface area contributed by atoms with E-state index < -0.39 is 0 Å². The van der Waals surface area contributed by atoms with Gasteiger partial charge in [-0.3, -0.25) is 9.80 Å². The van der Waals surface area contributed by atoms with E-state index >= 15 is 0 Å². The first-order valence-corrected chi connectivity index (χ1v) is 8.06. The molecule has 0 bridgehead atoms. The molecule has 2 aliphatic rings. The zero-order chi connectivity index (χ0) is 12.5. The van der Waals surface area contributed by atoms with E-state index in [1.165, 1.54) is 62.4 Å². The summed E-state index contributed by atoms with van der Waals surface area (Å²) in [5.41, 5.74) is 1.46. The standard InChI is InChI=1S/C15H24N2S/c1-12-9-15(18-13(12)2)11-16-7-8-17-6-4-3-5-14(17)10-16/h9,14H,3-8,10-11H2,1-2H3. The summed E-state index contributed by atoms with van der Waals surface area (Å²) in [6.45, 7) is 10.8. The van der Waals surface area contributed by atoms with Gasteiger partial charge in [-0.2, -0.15) is 0 Å². The maximum atomic E-state index is 2.71. The van der Waals surface area contributed by atoms with Crippen LogP contribution >= 0.6 is 11.3 Å². The monoisotopic (exact) mass is 264 g/mol. The molecule has 1 aromatic heterocycles. The zero-order valence-corrected chi connectivity index (χ0v) is 12.4. The van der Waals surface area contributed by atoms with Gasteiger partial charge in [-0.15, -0.1) is 11.3 Å². The lowest BCUT2D eigenvalue weighted by Crippen LogP contribution is -2.54. The van der Waals surface area contributed by atoms with E-state index in [-0.39, 0.29) is 0 Å². The number of hydrogen-bond donors (Lipinski definition) is 0. The highest BCUT2D eigenvalue weighted by molar-refractivity contribution is 7.12. The largest absolute Gasteiger partial charge is 0.298 e. The number of thiophene rings is 1. The Balaban J connectivity index is 1.60. The Morgan fingerprint density at radius 3 is 2.89 bits per heavy atom. The van der Waals surface area contributed by atoms with E-state index in [0.29, 0.717) is 0 Å². The summed E-state index contributed by atoms with van der Waals surface area (Å²) < 4.78 is 0. The van der Waals surface area contributed by atoms with E-state index in [0.717, 1.165) is 6.04 Å². The maximum Gasteiger partial charge on any atom is 0.0329 e. The molecule has 0 aromatic carbocycles. The van der Waals surface area contributed by atoms with Gasteiger partial charge in [0.25, 0.3) is 0 Å². The Kier molecular flexibility index (Phi) is 3.73. The van der Waals surface area contributed by atoms with Crippen molar-refractivity contribution in [1.82, 2.24) is 9.80 Å². The lowest BCUT2D eigenvalue weighted by Gasteiger charge is -2.44. The number of rotatable bonds is 2. The van der Waals surface area contributed by atoms with Crippen LogP contribution < -0.4 is 0 Å². The molecular formula is C15H24N2S. The molecule has 1 atom stereocenters. The molecule has 2 fully saturated rings. The number of hydrogen-bond acceptors (Lipinski definition) is 3. The van der Waals surface area contributed by atoms with Crippen molar-refractivity contribution in [2.75, 3.05) is 26.2 Å². The number of fused-ring (bicyclic) bond motifs is 1. The van der Waals surface area contributed by atoms with Crippen molar-refractivity contribution in [3.63, 3.8) is 0 Å². The van der Waals surface area contributed by atoms with Crippen LogP contribution in [0.15, 0.2) is 6.07 Å². The molecule has 3 heteroatoms. The topological polar surface area (TPSA) is 6.48 Å². The zero-order valence-electron chi connectivity index (χ0n) is 11.6. The third-order valence-corrected chi connectivity index (χ3v) is 5.66. The Hall–Kier alpha value is -0.380. The Morgan fingerprint density at radius 2 is 2.11 bits per heavy atom. The quantitative estimate of drug-likeness (QED) is 0.810. The van der Waals surface area contributed by atoms with Gasteiger partial charge in [0, 0.05) is 42.0 Å². The molecule has 1 aromatic rings. The normalized spacial score (nSPS) is 26.2. The van der Waals surface area contributed by atoms with Crippen LogP contribution in [0.1, 0.15) is 34.6 Å². The Morgan fingerprint density at radius 1 is 1.22 bits per heavy atom. The van der Waals surface area contributed by atoms with Crippen LogP contribution in [-0.4, -0.2) is 42.0 Å². The van der Waals surface area contributed by atoms with Crippen molar-refractivity contribution in [3.05, 3.63) is 21.4 Å². The van der Waals surface area contributed by atoms with E-state index in [4.69, 9.17) is 0 Å². The Labute approximate surface area is 115 Å². The van der Waals surface area contributed by atoms with Crippen LogP contribution in [0.5, 0.6) is 0 Å². The van der Waals surface area contributed by atoms with E-state index in [1.54, 1.807) is 4.88 Å². The third kappa shape index (κ3) is 2.63. The average Bonchev–Trinajstić information content (AvgIpc) is 2.68. The summed E-state index contributed by atoms with van der Waals surface area (Å²) >= 11 is 1.98. The van der Waals surface area contributed by atoms with Gasteiger partial charge < -0.3 is 0 Å². The van der Waals surface area contributed by atoms with Crippen molar-refractivity contribution >= 4 is 11.3 Å². The van der Waals surface area contributed by atoms with Crippen molar-refractivity contribution in [2.45, 2.75) is 45.7 Å². The van der Waals surface area contributed by atoms with Gasteiger partial charge in [0.2, 0.25) is 0 Å². The number of nitrogens with zero attached hydrogens (tertiary/aromatic N) is 2. The summed E-state index contributed by atoms with van der Waals surface area (Å²) in [6.07, 6.45) is 4.27. The molecule has 100 valence electrons. The first-order chi connectivity index (χ1) is 8.72. The lowest BCUT2D eigenvalue weighted by molar-refractivity contribution is 0.0461. The van der Waals surface area contributed by atoms with E-state index in [1.807, 2.05) is 11.3 Å². The molecular weight excluding hydrogens is 240 g/mol. The average molecular weight is 264 g/mol. The van der Waals surface area contributed by atoms with E-state index in [2.05, 4.69) is 29.7 Å². The van der Waals surface area contributed by atoms with Crippen LogP contribution in [0.3, 0.4) is 0 Å². The molecule has 2 saturated heterocycles. The maximum absolute atomic E-state index is 2.71. The summed E-state index contributed by atoms with van der Waals surface area (Å²) in [5.74, 6) is 0. The smallest absolute Gasteiger partial charge is 0.0329 e. The fraction of sp³-hybridized carbons (Fsp3) is 0.733. The minimum Gasteiger partial charge on any atom is -0.298 e. The van der Waals surface area contributed by atoms with Gasteiger partial charge in [0.05, 0.1) is 0 Å².